The van der Waals surface area contributed by atoms with Gasteiger partial charge in [-0.15, -0.1) is 0 Å². The van der Waals surface area contributed by atoms with E-state index in [9.17, 15) is 8.42 Å². The van der Waals surface area contributed by atoms with Crippen molar-refractivity contribution in [1.82, 2.24) is 4.72 Å². The van der Waals surface area contributed by atoms with Gasteiger partial charge in [-0.3, -0.25) is 0 Å². The third-order valence-electron chi connectivity index (χ3n) is 3.28. The molecule has 112 valence electrons. The zero-order valence-corrected chi connectivity index (χ0v) is 12.3. The second-order valence-corrected chi connectivity index (χ2v) is 6.41. The molecule has 1 heterocycles. The molecule has 3 N–H and O–H groups in total. The van der Waals surface area contributed by atoms with E-state index in [0.717, 1.165) is 18.4 Å². The Bertz CT molecular complexity index is 553. The molecule has 20 heavy (non-hydrogen) atoms. The highest BCUT2D eigenvalue weighted by Crippen LogP contribution is 2.25. The van der Waals surface area contributed by atoms with Crippen molar-refractivity contribution in [3.8, 4) is 5.75 Å². The Morgan fingerprint density at radius 2 is 2.30 bits per heavy atom. The van der Waals surface area contributed by atoms with E-state index in [4.69, 9.17) is 15.2 Å². The first-order valence-corrected chi connectivity index (χ1v) is 8.03. The lowest BCUT2D eigenvalue weighted by Gasteiger charge is -2.14. The average Bonchev–Trinajstić information content (AvgIpc) is 2.97. The number of methoxy groups -OCH3 is 1. The highest BCUT2D eigenvalue weighted by atomic mass is 32.2. The van der Waals surface area contributed by atoms with Crippen LogP contribution in [0.3, 0.4) is 0 Å². The van der Waals surface area contributed by atoms with E-state index in [2.05, 4.69) is 4.72 Å². The fraction of sp³-hybridized carbons (Fsp3) is 0.538. The maximum atomic E-state index is 12.3. The van der Waals surface area contributed by atoms with Crippen LogP contribution in [0.25, 0.3) is 0 Å². The zero-order valence-electron chi connectivity index (χ0n) is 11.5. The minimum absolute atomic E-state index is 0.0425. The topological polar surface area (TPSA) is 90.7 Å². The van der Waals surface area contributed by atoms with Gasteiger partial charge in [-0.2, -0.15) is 0 Å². The molecule has 2 rings (SSSR count). The summed E-state index contributed by atoms with van der Waals surface area (Å²) in [6.45, 7) is 1.31. The molecule has 1 aromatic rings. The molecule has 6 nitrogen and oxygen atoms in total. The first-order valence-electron chi connectivity index (χ1n) is 6.55. The molecule has 0 saturated carbocycles. The number of rotatable bonds is 6. The number of nitrogens with two attached hydrogens (primary N) is 1. The smallest absolute Gasteiger partial charge is 0.244 e. The highest BCUT2D eigenvalue weighted by Gasteiger charge is 2.23. The average molecular weight is 300 g/mol. The molecule has 0 radical (unpaired) electrons. The van der Waals surface area contributed by atoms with E-state index in [1.807, 2.05) is 0 Å². The van der Waals surface area contributed by atoms with Crippen LogP contribution >= 0.6 is 0 Å². The summed E-state index contributed by atoms with van der Waals surface area (Å²) in [6, 6.07) is 4.84. The summed E-state index contributed by atoms with van der Waals surface area (Å²) in [5.74, 6) is 0.299. The molecule has 1 aliphatic heterocycles. The van der Waals surface area contributed by atoms with Crippen LogP contribution in [0.5, 0.6) is 5.75 Å². The van der Waals surface area contributed by atoms with Crippen LogP contribution in [-0.4, -0.2) is 34.8 Å². The predicted octanol–water partition coefficient (Wildman–Crippen LogP) is 0.611. The van der Waals surface area contributed by atoms with Crippen molar-refractivity contribution in [2.75, 3.05) is 20.3 Å². The molecule has 0 aliphatic carbocycles. The maximum Gasteiger partial charge on any atom is 0.244 e. The summed E-state index contributed by atoms with van der Waals surface area (Å²) in [4.78, 5) is 0.121. The van der Waals surface area contributed by atoms with Gasteiger partial charge in [0.1, 0.15) is 10.6 Å². The van der Waals surface area contributed by atoms with Crippen molar-refractivity contribution in [2.45, 2.75) is 30.4 Å². The summed E-state index contributed by atoms with van der Waals surface area (Å²) < 4.78 is 37.7. The molecule has 1 fully saturated rings. The molecule has 0 bridgehead atoms. The predicted molar refractivity (Wildman–Crippen MR) is 75.0 cm³/mol. The van der Waals surface area contributed by atoms with Crippen molar-refractivity contribution >= 4 is 10.0 Å². The molecule has 1 aliphatic rings. The van der Waals surface area contributed by atoms with Gasteiger partial charge in [-0.1, -0.05) is 6.07 Å². The molecule has 0 spiro atoms. The van der Waals surface area contributed by atoms with Crippen molar-refractivity contribution in [2.24, 2.45) is 5.73 Å². The van der Waals surface area contributed by atoms with E-state index >= 15 is 0 Å². The Hall–Kier alpha value is -1.15. The van der Waals surface area contributed by atoms with Gasteiger partial charge in [-0.25, -0.2) is 13.1 Å². The van der Waals surface area contributed by atoms with Crippen molar-refractivity contribution < 1.29 is 17.9 Å². The van der Waals surface area contributed by atoms with Crippen molar-refractivity contribution in [1.29, 1.82) is 0 Å². The summed E-state index contributed by atoms with van der Waals surface area (Å²) in [5.41, 5.74) is 6.36. The van der Waals surface area contributed by atoms with E-state index in [0.29, 0.717) is 18.9 Å². The molecule has 1 unspecified atom stereocenters. The zero-order chi connectivity index (χ0) is 14.6. The van der Waals surface area contributed by atoms with Gasteiger partial charge < -0.3 is 15.2 Å². The van der Waals surface area contributed by atoms with Crippen LogP contribution in [0.1, 0.15) is 18.4 Å². The third-order valence-corrected chi connectivity index (χ3v) is 4.74. The van der Waals surface area contributed by atoms with E-state index < -0.39 is 10.0 Å². The summed E-state index contributed by atoms with van der Waals surface area (Å²) in [7, 11) is -2.17. The summed E-state index contributed by atoms with van der Waals surface area (Å²) in [6.07, 6.45) is 1.81. The Labute approximate surface area is 119 Å². The van der Waals surface area contributed by atoms with Gasteiger partial charge in [-0.05, 0) is 30.5 Å². The Morgan fingerprint density at radius 3 is 2.90 bits per heavy atom. The lowest BCUT2D eigenvalue weighted by atomic mass is 10.2. The molecular weight excluding hydrogens is 280 g/mol. The monoisotopic (exact) mass is 300 g/mol. The number of hydrogen-bond acceptors (Lipinski definition) is 5. The third kappa shape index (κ3) is 3.49. The number of sulfonamides is 1. The summed E-state index contributed by atoms with van der Waals surface area (Å²) in [5, 5.41) is 0. The van der Waals surface area contributed by atoms with Crippen molar-refractivity contribution in [3.63, 3.8) is 0 Å². The molecule has 7 heteroatoms. The number of nitrogens with one attached hydrogen (secondary N) is 1. The second-order valence-electron chi connectivity index (χ2n) is 4.68. The Morgan fingerprint density at radius 1 is 1.50 bits per heavy atom. The number of hydrogen-bond donors (Lipinski definition) is 2. The summed E-state index contributed by atoms with van der Waals surface area (Å²) >= 11 is 0. The minimum atomic E-state index is -3.61. The standard InChI is InChI=1S/C13H20N2O4S/c1-18-12-7-10(8-14)4-5-13(12)20(16,17)15-9-11-3-2-6-19-11/h4-5,7,11,15H,2-3,6,8-9,14H2,1H3. The maximum absolute atomic E-state index is 12.3. The van der Waals surface area contributed by atoms with Crippen LogP contribution in [-0.2, 0) is 21.3 Å². The van der Waals surface area contributed by atoms with Gasteiger partial charge in [0.2, 0.25) is 10.0 Å². The van der Waals surface area contributed by atoms with Crippen molar-refractivity contribution in [3.05, 3.63) is 23.8 Å². The minimum Gasteiger partial charge on any atom is -0.495 e. The normalized spacial score (nSPS) is 19.2. The molecule has 0 amide bonds. The second kappa shape index (κ2) is 6.53. The van der Waals surface area contributed by atoms with Gasteiger partial charge in [0, 0.05) is 19.7 Å². The van der Waals surface area contributed by atoms with E-state index in [-0.39, 0.29) is 17.5 Å². The molecule has 0 aromatic heterocycles. The van der Waals surface area contributed by atoms with Gasteiger partial charge in [0.15, 0.2) is 0 Å². The lowest BCUT2D eigenvalue weighted by molar-refractivity contribution is 0.114. The fourth-order valence-corrected chi connectivity index (χ4v) is 3.36. The molecular formula is C13H20N2O4S. The van der Waals surface area contributed by atoms with Crippen LogP contribution in [0.2, 0.25) is 0 Å². The highest BCUT2D eigenvalue weighted by molar-refractivity contribution is 7.89. The quantitative estimate of drug-likeness (QED) is 0.803. The first-order chi connectivity index (χ1) is 9.56. The Balaban J connectivity index is 2.15. The number of ether oxygens (including phenoxy) is 2. The van der Waals surface area contributed by atoms with Gasteiger partial charge >= 0.3 is 0 Å². The van der Waals surface area contributed by atoms with Crippen LogP contribution in [0.15, 0.2) is 23.1 Å². The SMILES string of the molecule is COc1cc(CN)ccc1S(=O)(=O)NCC1CCCO1. The van der Waals surface area contributed by atoms with Crippen LogP contribution in [0.4, 0.5) is 0 Å². The van der Waals surface area contributed by atoms with Gasteiger partial charge in [0.25, 0.3) is 0 Å². The Kier molecular flexibility index (Phi) is 4.98. The van der Waals surface area contributed by atoms with E-state index in [1.54, 1.807) is 12.1 Å². The molecule has 1 atom stereocenters. The first kappa shape index (κ1) is 15.2. The van der Waals surface area contributed by atoms with Crippen LogP contribution < -0.4 is 15.2 Å². The largest absolute Gasteiger partial charge is 0.495 e. The van der Waals surface area contributed by atoms with E-state index in [1.165, 1.54) is 13.2 Å². The van der Waals surface area contributed by atoms with Gasteiger partial charge in [0.05, 0.1) is 13.2 Å². The lowest BCUT2D eigenvalue weighted by Crippen LogP contribution is -2.32. The fourth-order valence-electron chi connectivity index (χ4n) is 2.15. The molecule has 1 aromatic carbocycles. The molecule has 1 saturated heterocycles. The van der Waals surface area contributed by atoms with Crippen LogP contribution in [0, 0.1) is 0 Å². The number of benzene rings is 1.